The predicted molar refractivity (Wildman–Crippen MR) is 109 cm³/mol. The minimum absolute atomic E-state index is 0.0398. The van der Waals surface area contributed by atoms with Crippen LogP contribution in [0.5, 0.6) is 0 Å². The van der Waals surface area contributed by atoms with Crippen LogP contribution in [-0.2, 0) is 27.4 Å². The van der Waals surface area contributed by atoms with Gasteiger partial charge in [-0.3, -0.25) is 14.5 Å². The standard InChI is InChI=1S/C22H33N3O3/c1-18-6-4-5-11-25(18)17-20-8-3-2-7-19(20)16-23-21(26)9-10-22(27)24-12-14-28-15-13-24/h2-3,7-8,18H,4-6,9-17H2,1H3,(H,23,26)/t18-/m1/s1. The first kappa shape index (κ1) is 20.8. The molecule has 3 rings (SSSR count). The Morgan fingerprint density at radius 3 is 2.57 bits per heavy atom. The van der Waals surface area contributed by atoms with Crippen molar-refractivity contribution in [3.8, 4) is 0 Å². The summed E-state index contributed by atoms with van der Waals surface area (Å²) in [4.78, 5) is 28.7. The van der Waals surface area contributed by atoms with Gasteiger partial charge in [-0.25, -0.2) is 0 Å². The van der Waals surface area contributed by atoms with Crippen LogP contribution >= 0.6 is 0 Å². The van der Waals surface area contributed by atoms with E-state index in [1.54, 1.807) is 4.90 Å². The van der Waals surface area contributed by atoms with E-state index in [-0.39, 0.29) is 24.7 Å². The molecule has 2 fully saturated rings. The summed E-state index contributed by atoms with van der Waals surface area (Å²) in [5, 5.41) is 2.99. The molecule has 0 saturated carbocycles. The van der Waals surface area contributed by atoms with E-state index in [0.29, 0.717) is 38.9 Å². The van der Waals surface area contributed by atoms with Gasteiger partial charge in [0.15, 0.2) is 0 Å². The van der Waals surface area contributed by atoms with Crippen LogP contribution in [0.2, 0.25) is 0 Å². The zero-order chi connectivity index (χ0) is 19.8. The summed E-state index contributed by atoms with van der Waals surface area (Å²) < 4.78 is 5.26. The lowest BCUT2D eigenvalue weighted by molar-refractivity contribution is -0.137. The first-order valence-electron chi connectivity index (χ1n) is 10.6. The molecule has 0 unspecified atom stereocenters. The van der Waals surface area contributed by atoms with Crippen LogP contribution in [0, 0.1) is 0 Å². The molecule has 0 radical (unpaired) electrons. The Morgan fingerprint density at radius 1 is 1.07 bits per heavy atom. The molecule has 6 heteroatoms. The highest BCUT2D eigenvalue weighted by Gasteiger charge is 2.20. The lowest BCUT2D eigenvalue weighted by atomic mass is 10.0. The summed E-state index contributed by atoms with van der Waals surface area (Å²) in [6.45, 7) is 7.33. The van der Waals surface area contributed by atoms with Crippen molar-refractivity contribution in [3.63, 3.8) is 0 Å². The van der Waals surface area contributed by atoms with Crippen molar-refractivity contribution < 1.29 is 14.3 Å². The van der Waals surface area contributed by atoms with Gasteiger partial charge in [0.2, 0.25) is 11.8 Å². The molecule has 28 heavy (non-hydrogen) atoms. The van der Waals surface area contributed by atoms with Crippen LogP contribution in [0.3, 0.4) is 0 Å². The average Bonchev–Trinajstić information content (AvgIpc) is 2.73. The van der Waals surface area contributed by atoms with Gasteiger partial charge in [0.1, 0.15) is 0 Å². The van der Waals surface area contributed by atoms with E-state index in [2.05, 4.69) is 35.3 Å². The summed E-state index contributed by atoms with van der Waals surface area (Å²) >= 11 is 0. The molecule has 1 atom stereocenters. The Balaban J connectivity index is 1.46. The summed E-state index contributed by atoms with van der Waals surface area (Å²) in [5.74, 6) is -0.0271. The molecule has 2 aliphatic heterocycles. The highest BCUT2D eigenvalue weighted by Crippen LogP contribution is 2.20. The fraction of sp³-hybridized carbons (Fsp3) is 0.636. The number of hydrogen-bond donors (Lipinski definition) is 1. The topological polar surface area (TPSA) is 61.9 Å². The maximum atomic E-state index is 12.2. The number of rotatable bonds is 7. The Morgan fingerprint density at radius 2 is 1.82 bits per heavy atom. The van der Waals surface area contributed by atoms with Crippen molar-refractivity contribution in [2.24, 2.45) is 0 Å². The molecule has 0 aromatic heterocycles. The zero-order valence-electron chi connectivity index (χ0n) is 17.0. The Labute approximate surface area is 168 Å². The van der Waals surface area contributed by atoms with Gasteiger partial charge in [-0.2, -0.15) is 0 Å². The number of benzene rings is 1. The van der Waals surface area contributed by atoms with Gasteiger partial charge in [-0.1, -0.05) is 30.7 Å². The molecule has 1 aromatic carbocycles. The van der Waals surface area contributed by atoms with Gasteiger partial charge in [0.25, 0.3) is 0 Å². The highest BCUT2D eigenvalue weighted by atomic mass is 16.5. The van der Waals surface area contributed by atoms with E-state index in [1.165, 1.54) is 24.8 Å². The van der Waals surface area contributed by atoms with Crippen molar-refractivity contribution >= 4 is 11.8 Å². The SMILES string of the molecule is C[C@@H]1CCCCN1Cc1ccccc1CNC(=O)CCC(=O)N1CCOCC1. The van der Waals surface area contributed by atoms with Crippen LogP contribution < -0.4 is 5.32 Å². The van der Waals surface area contributed by atoms with E-state index in [9.17, 15) is 9.59 Å². The quantitative estimate of drug-likeness (QED) is 0.780. The van der Waals surface area contributed by atoms with Crippen LogP contribution in [0.25, 0.3) is 0 Å². The first-order valence-corrected chi connectivity index (χ1v) is 10.6. The summed E-state index contributed by atoms with van der Waals surface area (Å²) in [5.41, 5.74) is 2.44. The predicted octanol–water partition coefficient (Wildman–Crippen LogP) is 2.32. The van der Waals surface area contributed by atoms with Crippen LogP contribution in [-0.4, -0.2) is 60.5 Å². The molecule has 0 aliphatic carbocycles. The second-order valence-electron chi connectivity index (χ2n) is 7.85. The van der Waals surface area contributed by atoms with Gasteiger partial charge >= 0.3 is 0 Å². The third-order valence-corrected chi connectivity index (χ3v) is 5.84. The normalized spacial score (nSPS) is 20.8. The van der Waals surface area contributed by atoms with E-state index >= 15 is 0 Å². The van der Waals surface area contributed by atoms with Gasteiger partial charge in [0.05, 0.1) is 13.2 Å². The second-order valence-corrected chi connectivity index (χ2v) is 7.85. The van der Waals surface area contributed by atoms with E-state index in [0.717, 1.165) is 18.7 Å². The average molecular weight is 388 g/mol. The molecule has 2 saturated heterocycles. The summed E-state index contributed by atoms with van der Waals surface area (Å²) in [7, 11) is 0. The number of morpholine rings is 1. The van der Waals surface area contributed by atoms with E-state index in [1.807, 2.05) is 6.07 Å². The molecule has 6 nitrogen and oxygen atoms in total. The molecule has 0 bridgehead atoms. The van der Waals surface area contributed by atoms with Gasteiger partial charge in [0, 0.05) is 45.1 Å². The van der Waals surface area contributed by atoms with Gasteiger partial charge in [-0.15, -0.1) is 0 Å². The number of nitrogens with zero attached hydrogens (tertiary/aromatic N) is 2. The van der Waals surface area contributed by atoms with Gasteiger partial charge in [-0.05, 0) is 37.4 Å². The molecule has 1 N–H and O–H groups in total. The van der Waals surface area contributed by atoms with Crippen molar-refractivity contribution in [1.82, 2.24) is 15.1 Å². The molecule has 2 heterocycles. The highest BCUT2D eigenvalue weighted by molar-refractivity contribution is 5.83. The summed E-state index contributed by atoms with van der Waals surface area (Å²) in [6.07, 6.45) is 4.34. The molecular weight excluding hydrogens is 354 g/mol. The number of ether oxygens (including phenoxy) is 1. The number of amides is 2. The third-order valence-electron chi connectivity index (χ3n) is 5.84. The van der Waals surface area contributed by atoms with Crippen LogP contribution in [0.15, 0.2) is 24.3 Å². The lowest BCUT2D eigenvalue weighted by Gasteiger charge is -2.33. The minimum Gasteiger partial charge on any atom is -0.378 e. The fourth-order valence-electron chi connectivity index (χ4n) is 3.97. The van der Waals surface area contributed by atoms with Gasteiger partial charge < -0.3 is 15.0 Å². The molecular formula is C22H33N3O3. The molecule has 1 aromatic rings. The maximum absolute atomic E-state index is 12.2. The Kier molecular flexibility index (Phi) is 7.86. The first-order chi connectivity index (χ1) is 13.6. The van der Waals surface area contributed by atoms with Crippen molar-refractivity contribution in [3.05, 3.63) is 35.4 Å². The molecule has 154 valence electrons. The Bertz CT molecular complexity index is 658. The number of likely N-dealkylation sites (tertiary alicyclic amines) is 1. The molecule has 0 spiro atoms. The van der Waals surface area contributed by atoms with Crippen LogP contribution in [0.1, 0.15) is 50.2 Å². The number of carbonyl (C=O) groups excluding carboxylic acids is 2. The smallest absolute Gasteiger partial charge is 0.223 e. The molecule has 2 amide bonds. The van der Waals surface area contributed by atoms with Crippen molar-refractivity contribution in [1.29, 1.82) is 0 Å². The maximum Gasteiger partial charge on any atom is 0.223 e. The van der Waals surface area contributed by atoms with Crippen molar-refractivity contribution in [2.75, 3.05) is 32.8 Å². The Hall–Kier alpha value is -1.92. The number of nitrogens with one attached hydrogen (secondary N) is 1. The lowest BCUT2D eigenvalue weighted by Crippen LogP contribution is -2.41. The molecule has 2 aliphatic rings. The largest absolute Gasteiger partial charge is 0.378 e. The summed E-state index contributed by atoms with van der Waals surface area (Å²) in [6, 6.07) is 8.94. The van der Waals surface area contributed by atoms with Crippen molar-refractivity contribution in [2.45, 2.75) is 58.2 Å². The van der Waals surface area contributed by atoms with E-state index in [4.69, 9.17) is 4.74 Å². The zero-order valence-corrected chi connectivity index (χ0v) is 17.0. The fourth-order valence-corrected chi connectivity index (χ4v) is 3.97. The third kappa shape index (κ3) is 6.04. The number of carbonyl (C=O) groups is 2. The number of hydrogen-bond acceptors (Lipinski definition) is 4. The van der Waals surface area contributed by atoms with Crippen LogP contribution in [0.4, 0.5) is 0 Å². The monoisotopic (exact) mass is 387 g/mol. The number of piperidine rings is 1. The minimum atomic E-state index is -0.0669. The second kappa shape index (κ2) is 10.6. The van der Waals surface area contributed by atoms with E-state index < -0.39 is 0 Å².